The van der Waals surface area contributed by atoms with E-state index in [1.54, 1.807) is 0 Å². The highest BCUT2D eigenvalue weighted by molar-refractivity contribution is 5.84. The van der Waals surface area contributed by atoms with Crippen LogP contribution in [0.3, 0.4) is 0 Å². The number of hydrogen-bond acceptors (Lipinski definition) is 2. The van der Waals surface area contributed by atoms with E-state index >= 15 is 0 Å². The van der Waals surface area contributed by atoms with Crippen LogP contribution < -0.4 is 16.0 Å². The van der Waals surface area contributed by atoms with Gasteiger partial charge < -0.3 is 16.0 Å². The van der Waals surface area contributed by atoms with Crippen LogP contribution >= 0.6 is 0 Å². The lowest BCUT2D eigenvalue weighted by Gasteiger charge is -2.22. The summed E-state index contributed by atoms with van der Waals surface area (Å²) in [4.78, 5) is 23.4. The molecule has 1 aromatic rings. The second-order valence-electron chi connectivity index (χ2n) is 7.81. The Morgan fingerprint density at radius 1 is 1.04 bits per heavy atom. The van der Waals surface area contributed by atoms with Crippen molar-refractivity contribution in [1.82, 2.24) is 10.6 Å². The zero-order valence-corrected chi connectivity index (χ0v) is 16.5. The molecule has 4 N–H and O–H groups in total. The van der Waals surface area contributed by atoms with Crippen molar-refractivity contribution in [3.05, 3.63) is 35.4 Å². The lowest BCUT2D eigenvalue weighted by atomic mass is 9.85. The predicted molar refractivity (Wildman–Crippen MR) is 101 cm³/mol. The van der Waals surface area contributed by atoms with Crippen LogP contribution in [0, 0.1) is 5.92 Å². The first-order chi connectivity index (χ1) is 11.6. The zero-order valence-electron chi connectivity index (χ0n) is 16.5. The molecule has 0 aliphatic carbocycles. The molecule has 1 rings (SSSR count). The van der Waals surface area contributed by atoms with E-state index in [-0.39, 0.29) is 29.8 Å². The molecule has 5 nitrogen and oxygen atoms in total. The number of quaternary nitrogens is 1. The molecule has 0 aliphatic heterocycles. The number of benzene rings is 1. The van der Waals surface area contributed by atoms with E-state index in [9.17, 15) is 9.59 Å². The normalized spacial score (nSPS) is 12.8. The predicted octanol–water partition coefficient (Wildman–Crippen LogP) is 1.50. The van der Waals surface area contributed by atoms with Crippen molar-refractivity contribution in [2.75, 3.05) is 19.6 Å². The smallest absolute Gasteiger partial charge is 0.275 e. The van der Waals surface area contributed by atoms with Gasteiger partial charge in [-0.15, -0.1) is 0 Å². The first kappa shape index (κ1) is 21.2. The fourth-order valence-electron chi connectivity index (χ4n) is 2.74. The summed E-state index contributed by atoms with van der Waals surface area (Å²) in [6.07, 6.45) is 0. The molecule has 0 radical (unpaired) electrons. The maximum absolute atomic E-state index is 12.0. The summed E-state index contributed by atoms with van der Waals surface area (Å²) < 4.78 is 0. The van der Waals surface area contributed by atoms with Gasteiger partial charge in [0.15, 0.2) is 6.54 Å². The quantitative estimate of drug-likeness (QED) is 0.666. The molecule has 140 valence electrons. The summed E-state index contributed by atoms with van der Waals surface area (Å²) in [5.74, 6) is 0.119. The average molecular weight is 349 g/mol. The fourth-order valence-corrected chi connectivity index (χ4v) is 2.74. The third-order valence-corrected chi connectivity index (χ3v) is 4.26. The van der Waals surface area contributed by atoms with Gasteiger partial charge >= 0.3 is 0 Å². The lowest BCUT2D eigenvalue weighted by Crippen LogP contribution is -2.88. The van der Waals surface area contributed by atoms with Crippen LogP contribution in [0.1, 0.15) is 58.7 Å². The second-order valence-corrected chi connectivity index (χ2v) is 7.81. The molecule has 0 fully saturated rings. The standard InChI is InChI=1S/C20H33N3O2/c1-7-21-17(24)12-22-18(25)13-23-19(14(2)3)15-8-10-16(11-9-15)20(4,5)6/h8-11,14,19,23H,7,12-13H2,1-6H3,(H,21,24)(H,22,25)/p+1/t19-/m1/s1. The molecule has 0 bridgehead atoms. The third kappa shape index (κ3) is 7.26. The number of carbonyl (C=O) groups is 2. The molecule has 25 heavy (non-hydrogen) atoms. The van der Waals surface area contributed by atoms with Crippen molar-refractivity contribution in [3.8, 4) is 0 Å². The van der Waals surface area contributed by atoms with Crippen molar-refractivity contribution in [3.63, 3.8) is 0 Å². The van der Waals surface area contributed by atoms with Crippen LogP contribution in [0.2, 0.25) is 0 Å². The SMILES string of the molecule is CCNC(=O)CNC(=O)C[NH2+][C@@H](c1ccc(C(C)(C)C)cc1)C(C)C. The topological polar surface area (TPSA) is 74.8 Å². The van der Waals surface area contributed by atoms with Crippen LogP contribution in [0.5, 0.6) is 0 Å². The highest BCUT2D eigenvalue weighted by Gasteiger charge is 2.21. The van der Waals surface area contributed by atoms with Crippen molar-refractivity contribution in [2.24, 2.45) is 5.92 Å². The number of carbonyl (C=O) groups excluding carboxylic acids is 2. The summed E-state index contributed by atoms with van der Waals surface area (Å²) in [5.41, 5.74) is 2.66. The van der Waals surface area contributed by atoms with Gasteiger partial charge in [-0.1, -0.05) is 58.9 Å². The van der Waals surface area contributed by atoms with Gasteiger partial charge in [0.25, 0.3) is 5.91 Å². The minimum absolute atomic E-state index is 0.0349. The molecular formula is C20H34N3O2+. The summed E-state index contributed by atoms with van der Waals surface area (Å²) in [5, 5.41) is 7.37. The number of amides is 2. The second kappa shape index (κ2) is 9.56. The molecule has 0 unspecified atom stereocenters. The maximum atomic E-state index is 12.0. The first-order valence-corrected chi connectivity index (χ1v) is 9.12. The molecule has 0 heterocycles. The Hall–Kier alpha value is -1.88. The van der Waals surface area contributed by atoms with Crippen LogP contribution in [-0.2, 0) is 15.0 Å². The Balaban J connectivity index is 2.63. The summed E-state index contributed by atoms with van der Waals surface area (Å²) in [7, 11) is 0. The molecule has 0 aromatic heterocycles. The highest BCUT2D eigenvalue weighted by Crippen LogP contribution is 2.25. The van der Waals surface area contributed by atoms with Crippen molar-refractivity contribution >= 4 is 11.8 Å². The molecule has 0 saturated heterocycles. The summed E-state index contributed by atoms with van der Waals surface area (Å²) in [6.45, 7) is 13.7. The van der Waals surface area contributed by atoms with Crippen molar-refractivity contribution in [2.45, 2.75) is 53.0 Å². The van der Waals surface area contributed by atoms with Gasteiger partial charge in [-0.05, 0) is 17.9 Å². The van der Waals surface area contributed by atoms with Gasteiger partial charge in [0.1, 0.15) is 6.04 Å². The Morgan fingerprint density at radius 2 is 1.64 bits per heavy atom. The van der Waals surface area contributed by atoms with Crippen molar-refractivity contribution < 1.29 is 14.9 Å². The van der Waals surface area contributed by atoms with E-state index in [1.807, 2.05) is 12.2 Å². The molecule has 5 heteroatoms. The fraction of sp³-hybridized carbons (Fsp3) is 0.600. The van der Waals surface area contributed by atoms with E-state index in [2.05, 4.69) is 69.5 Å². The minimum Gasteiger partial charge on any atom is -0.355 e. The number of nitrogens with two attached hydrogens (primary N) is 1. The van der Waals surface area contributed by atoms with Crippen LogP contribution in [0.25, 0.3) is 0 Å². The molecule has 2 amide bonds. The highest BCUT2D eigenvalue weighted by atomic mass is 16.2. The van der Waals surface area contributed by atoms with Gasteiger partial charge in [0.05, 0.1) is 6.54 Å². The zero-order chi connectivity index (χ0) is 19.0. The Bertz CT molecular complexity index is 559. The average Bonchev–Trinajstić information content (AvgIpc) is 2.52. The van der Waals surface area contributed by atoms with Gasteiger partial charge in [0, 0.05) is 18.0 Å². The van der Waals surface area contributed by atoms with Crippen molar-refractivity contribution in [1.29, 1.82) is 0 Å². The molecular weight excluding hydrogens is 314 g/mol. The number of rotatable bonds is 8. The molecule has 1 aromatic carbocycles. The van der Waals surface area contributed by atoms with Crippen LogP contribution in [-0.4, -0.2) is 31.4 Å². The molecule has 0 aliphatic rings. The minimum atomic E-state index is -0.158. The number of likely N-dealkylation sites (N-methyl/N-ethyl adjacent to an activating group) is 1. The van der Waals surface area contributed by atoms with E-state index in [1.165, 1.54) is 11.1 Å². The maximum Gasteiger partial charge on any atom is 0.275 e. The monoisotopic (exact) mass is 348 g/mol. The van der Waals surface area contributed by atoms with Gasteiger partial charge in [-0.3, -0.25) is 9.59 Å². The molecule has 1 atom stereocenters. The Morgan fingerprint density at radius 3 is 2.12 bits per heavy atom. The van der Waals surface area contributed by atoms with Crippen LogP contribution in [0.15, 0.2) is 24.3 Å². The lowest BCUT2D eigenvalue weighted by molar-refractivity contribution is -0.692. The Kier molecular flexibility index (Phi) is 8.10. The van der Waals surface area contributed by atoms with Crippen LogP contribution in [0.4, 0.5) is 0 Å². The molecule has 0 saturated carbocycles. The van der Waals surface area contributed by atoms with E-state index < -0.39 is 0 Å². The van der Waals surface area contributed by atoms with E-state index in [0.29, 0.717) is 19.0 Å². The number of nitrogens with one attached hydrogen (secondary N) is 2. The van der Waals surface area contributed by atoms with E-state index in [4.69, 9.17) is 0 Å². The Labute approximate surface area is 152 Å². The van der Waals surface area contributed by atoms with Gasteiger partial charge in [-0.25, -0.2) is 0 Å². The first-order valence-electron chi connectivity index (χ1n) is 9.12. The van der Waals surface area contributed by atoms with E-state index in [0.717, 1.165) is 0 Å². The summed E-state index contributed by atoms with van der Waals surface area (Å²) >= 11 is 0. The molecule has 0 spiro atoms. The number of hydrogen-bond donors (Lipinski definition) is 3. The van der Waals surface area contributed by atoms with Gasteiger partial charge in [0.2, 0.25) is 5.91 Å². The third-order valence-electron chi connectivity index (χ3n) is 4.26. The largest absolute Gasteiger partial charge is 0.355 e. The van der Waals surface area contributed by atoms with Gasteiger partial charge in [-0.2, -0.15) is 0 Å². The summed E-state index contributed by atoms with van der Waals surface area (Å²) in [6, 6.07) is 8.88.